The van der Waals surface area contributed by atoms with E-state index in [0.29, 0.717) is 26.2 Å². The van der Waals surface area contributed by atoms with Crippen LogP contribution in [-0.2, 0) is 0 Å². The van der Waals surface area contributed by atoms with Crippen LogP contribution < -0.4 is 10.6 Å². The van der Waals surface area contributed by atoms with Crippen LogP contribution in [0.15, 0.2) is 23.7 Å². The highest BCUT2D eigenvalue weighted by molar-refractivity contribution is 7.13. The fourth-order valence-electron chi connectivity index (χ4n) is 2.40. The maximum Gasteiger partial charge on any atom is 0.256 e. The molecule has 116 valence electrons. The lowest BCUT2D eigenvalue weighted by molar-refractivity contribution is 0.0747. The Hall–Kier alpha value is -1.86. The van der Waals surface area contributed by atoms with Crippen LogP contribution in [0.5, 0.6) is 0 Å². The smallest absolute Gasteiger partial charge is 0.256 e. The molecule has 2 heterocycles. The Kier molecular flexibility index (Phi) is 4.17. The molecule has 0 saturated carbocycles. The van der Waals surface area contributed by atoms with Gasteiger partial charge in [-0.05, 0) is 12.1 Å². The molecule has 1 saturated heterocycles. The van der Waals surface area contributed by atoms with Crippen molar-refractivity contribution in [1.82, 2.24) is 9.88 Å². The van der Waals surface area contributed by atoms with Gasteiger partial charge in [0.1, 0.15) is 5.82 Å². The summed E-state index contributed by atoms with van der Waals surface area (Å²) in [6.07, 6.45) is 1.76. The summed E-state index contributed by atoms with van der Waals surface area (Å²) in [6.45, 7) is 2.43. The van der Waals surface area contributed by atoms with Crippen molar-refractivity contribution >= 4 is 39.7 Å². The van der Waals surface area contributed by atoms with E-state index in [-0.39, 0.29) is 22.2 Å². The summed E-state index contributed by atoms with van der Waals surface area (Å²) in [6, 6.07) is 2.52. The maximum absolute atomic E-state index is 13.6. The predicted octanol–water partition coefficient (Wildman–Crippen LogP) is 2.48. The first-order valence-electron chi connectivity index (χ1n) is 6.74. The van der Waals surface area contributed by atoms with Crippen molar-refractivity contribution in [3.63, 3.8) is 0 Å². The number of anilines is 2. The molecule has 0 radical (unpaired) electrons. The molecule has 1 aliphatic rings. The number of benzene rings is 1. The van der Waals surface area contributed by atoms with Gasteiger partial charge in [0.05, 0.1) is 11.3 Å². The molecule has 1 amide bonds. The second kappa shape index (κ2) is 6.10. The average Bonchev–Trinajstić information content (AvgIpc) is 3.05. The largest absolute Gasteiger partial charge is 0.396 e. The summed E-state index contributed by atoms with van der Waals surface area (Å²) in [5.41, 5.74) is 5.63. The summed E-state index contributed by atoms with van der Waals surface area (Å²) >= 11 is 7.38. The Morgan fingerprint density at radius 3 is 2.68 bits per heavy atom. The van der Waals surface area contributed by atoms with Crippen LogP contribution in [-0.4, -0.2) is 42.0 Å². The average molecular weight is 341 g/mol. The minimum atomic E-state index is -0.669. The van der Waals surface area contributed by atoms with Gasteiger partial charge in [-0.3, -0.25) is 4.79 Å². The molecule has 2 aromatic rings. The van der Waals surface area contributed by atoms with E-state index in [4.69, 9.17) is 17.3 Å². The van der Waals surface area contributed by atoms with Gasteiger partial charge in [0.15, 0.2) is 5.13 Å². The van der Waals surface area contributed by atoms with Crippen LogP contribution in [0.1, 0.15) is 10.4 Å². The molecule has 5 nitrogen and oxygen atoms in total. The molecule has 1 fully saturated rings. The number of piperazine rings is 1. The lowest BCUT2D eigenvalue weighted by Crippen LogP contribution is -2.49. The first-order chi connectivity index (χ1) is 10.6. The predicted molar refractivity (Wildman–Crippen MR) is 86.1 cm³/mol. The van der Waals surface area contributed by atoms with Crippen LogP contribution in [0.25, 0.3) is 0 Å². The molecule has 0 aliphatic carbocycles. The number of carbonyl (C=O) groups excluding carboxylic acids is 1. The summed E-state index contributed by atoms with van der Waals surface area (Å²) in [5, 5.41) is 3.03. The number of thiazole rings is 1. The third kappa shape index (κ3) is 2.86. The first kappa shape index (κ1) is 15.1. The Labute approximate surface area is 136 Å². The van der Waals surface area contributed by atoms with E-state index in [1.807, 2.05) is 5.38 Å². The Bertz CT molecular complexity index is 686. The lowest BCUT2D eigenvalue weighted by Gasteiger charge is -2.34. The number of nitrogens with two attached hydrogens (primary N) is 1. The van der Waals surface area contributed by atoms with Gasteiger partial charge >= 0.3 is 0 Å². The van der Waals surface area contributed by atoms with Crippen LogP contribution in [0, 0.1) is 5.82 Å². The molecule has 2 N–H and O–H groups in total. The molecule has 8 heteroatoms. The van der Waals surface area contributed by atoms with Gasteiger partial charge < -0.3 is 15.5 Å². The maximum atomic E-state index is 13.6. The van der Waals surface area contributed by atoms with Gasteiger partial charge in [-0.1, -0.05) is 11.6 Å². The van der Waals surface area contributed by atoms with Crippen molar-refractivity contribution in [3.8, 4) is 0 Å². The minimum Gasteiger partial charge on any atom is -0.396 e. The number of hydrogen-bond acceptors (Lipinski definition) is 5. The van der Waals surface area contributed by atoms with E-state index in [2.05, 4.69) is 9.88 Å². The van der Waals surface area contributed by atoms with Crippen molar-refractivity contribution in [2.45, 2.75) is 0 Å². The van der Waals surface area contributed by atoms with Crippen LogP contribution in [0.3, 0.4) is 0 Å². The van der Waals surface area contributed by atoms with E-state index in [9.17, 15) is 9.18 Å². The van der Waals surface area contributed by atoms with Gasteiger partial charge in [-0.2, -0.15) is 0 Å². The first-order valence-corrected chi connectivity index (χ1v) is 8.00. The van der Waals surface area contributed by atoms with Crippen LogP contribution in [0.2, 0.25) is 5.02 Å². The van der Waals surface area contributed by atoms with Crippen LogP contribution in [0.4, 0.5) is 15.2 Å². The van der Waals surface area contributed by atoms with Crippen molar-refractivity contribution in [3.05, 3.63) is 40.1 Å². The number of hydrogen-bond donors (Lipinski definition) is 1. The molecule has 0 spiro atoms. The SMILES string of the molecule is Nc1c(F)cc(Cl)cc1C(=O)N1CCN(c2nccs2)CC1. The molecule has 0 atom stereocenters. The Morgan fingerprint density at radius 2 is 2.05 bits per heavy atom. The molecule has 0 unspecified atom stereocenters. The summed E-state index contributed by atoms with van der Waals surface area (Å²) in [5.74, 6) is -0.963. The highest BCUT2D eigenvalue weighted by Crippen LogP contribution is 2.25. The standard InChI is InChI=1S/C14H14ClFN4OS/c15-9-7-10(12(17)11(16)8-9)13(21)19-2-4-20(5-3-19)14-18-1-6-22-14/h1,6-8H,2-5,17H2. The van der Waals surface area contributed by atoms with Crippen molar-refractivity contribution in [1.29, 1.82) is 0 Å². The van der Waals surface area contributed by atoms with E-state index >= 15 is 0 Å². The van der Waals surface area contributed by atoms with Gasteiger partial charge in [-0.15, -0.1) is 11.3 Å². The van der Waals surface area contributed by atoms with Gasteiger partial charge in [0.25, 0.3) is 5.91 Å². The van der Waals surface area contributed by atoms with Crippen LogP contribution >= 0.6 is 22.9 Å². The second-order valence-electron chi connectivity index (χ2n) is 4.94. The normalized spacial score (nSPS) is 15.2. The Balaban J connectivity index is 1.72. The number of nitrogen functional groups attached to an aromatic ring is 1. The third-order valence-electron chi connectivity index (χ3n) is 3.58. The number of nitrogens with zero attached hydrogens (tertiary/aromatic N) is 3. The zero-order valence-corrected chi connectivity index (χ0v) is 13.2. The molecular formula is C14H14ClFN4OS. The van der Waals surface area contributed by atoms with E-state index in [1.54, 1.807) is 22.4 Å². The monoisotopic (exact) mass is 340 g/mol. The summed E-state index contributed by atoms with van der Waals surface area (Å²) in [4.78, 5) is 20.5. The van der Waals surface area contributed by atoms with E-state index in [0.717, 1.165) is 11.2 Å². The molecule has 1 aromatic heterocycles. The van der Waals surface area contributed by atoms with E-state index in [1.165, 1.54) is 6.07 Å². The highest BCUT2D eigenvalue weighted by Gasteiger charge is 2.25. The third-order valence-corrected chi connectivity index (χ3v) is 4.63. The van der Waals surface area contributed by atoms with Gasteiger partial charge in [-0.25, -0.2) is 9.37 Å². The van der Waals surface area contributed by atoms with Gasteiger partial charge in [0, 0.05) is 42.8 Å². The molecule has 3 rings (SSSR count). The minimum absolute atomic E-state index is 0.118. The van der Waals surface area contributed by atoms with Gasteiger partial charge in [0.2, 0.25) is 0 Å². The van der Waals surface area contributed by atoms with Crippen molar-refractivity contribution in [2.75, 3.05) is 36.8 Å². The van der Waals surface area contributed by atoms with Crippen molar-refractivity contribution < 1.29 is 9.18 Å². The molecule has 0 bridgehead atoms. The number of carbonyl (C=O) groups is 1. The van der Waals surface area contributed by atoms with Crippen molar-refractivity contribution in [2.24, 2.45) is 0 Å². The number of rotatable bonds is 2. The Morgan fingerprint density at radius 1 is 1.32 bits per heavy atom. The number of halogens is 2. The second-order valence-corrected chi connectivity index (χ2v) is 6.25. The fraction of sp³-hybridized carbons (Fsp3) is 0.286. The zero-order valence-electron chi connectivity index (χ0n) is 11.6. The quantitative estimate of drug-likeness (QED) is 0.853. The summed E-state index contributed by atoms with van der Waals surface area (Å²) < 4.78 is 13.6. The molecule has 1 aromatic carbocycles. The number of amides is 1. The lowest BCUT2D eigenvalue weighted by atomic mass is 10.1. The molecule has 1 aliphatic heterocycles. The molecule has 22 heavy (non-hydrogen) atoms. The summed E-state index contributed by atoms with van der Waals surface area (Å²) in [7, 11) is 0. The van der Waals surface area contributed by atoms with E-state index < -0.39 is 5.82 Å². The highest BCUT2D eigenvalue weighted by atomic mass is 35.5. The topological polar surface area (TPSA) is 62.5 Å². The number of aromatic nitrogens is 1. The fourth-order valence-corrected chi connectivity index (χ4v) is 3.31. The molecular weight excluding hydrogens is 327 g/mol. The zero-order chi connectivity index (χ0) is 15.7.